The Labute approximate surface area is 327 Å². The van der Waals surface area contributed by atoms with E-state index in [4.69, 9.17) is 15.0 Å². The summed E-state index contributed by atoms with van der Waals surface area (Å²) < 4.78 is 2.13. The molecule has 0 saturated carbocycles. The van der Waals surface area contributed by atoms with Gasteiger partial charge in [0.15, 0.2) is 0 Å². The van der Waals surface area contributed by atoms with Crippen molar-refractivity contribution in [1.29, 1.82) is 0 Å². The zero-order valence-electron chi connectivity index (χ0n) is 30.6. The summed E-state index contributed by atoms with van der Waals surface area (Å²) in [6.07, 6.45) is 7.95. The summed E-state index contributed by atoms with van der Waals surface area (Å²) in [7, 11) is 0. The van der Waals surface area contributed by atoms with Gasteiger partial charge in [-0.1, -0.05) is 127 Å². The van der Waals surface area contributed by atoms with Gasteiger partial charge in [0, 0.05) is 62.8 Å². The van der Waals surface area contributed by atoms with Crippen molar-refractivity contribution in [2.45, 2.75) is 0 Å². The van der Waals surface area contributed by atoms with Crippen molar-refractivity contribution in [1.82, 2.24) is 24.3 Å². The van der Waals surface area contributed by atoms with Gasteiger partial charge in [-0.25, -0.2) is 9.97 Å². The van der Waals surface area contributed by atoms with Gasteiger partial charge in [-0.05, 0) is 80.2 Å². The normalized spacial score (nSPS) is 11.9. The zero-order chi connectivity index (χ0) is 37.5. The first-order chi connectivity index (χ1) is 28.2. The van der Waals surface area contributed by atoms with Crippen LogP contribution in [0, 0.1) is 0 Å². The first-order valence-electron chi connectivity index (χ1n) is 19.2. The minimum atomic E-state index is 0.928. The quantitative estimate of drug-likeness (QED) is 0.170. The third kappa shape index (κ3) is 5.03. The molecule has 0 spiro atoms. The predicted octanol–water partition coefficient (Wildman–Crippen LogP) is 13.1. The fourth-order valence-electron chi connectivity index (χ4n) is 8.68. The van der Waals surface area contributed by atoms with Gasteiger partial charge in [-0.15, -0.1) is 0 Å². The number of aromatic nitrogens is 5. The van der Waals surface area contributed by atoms with Crippen molar-refractivity contribution in [2.24, 2.45) is 0 Å². The Kier molecular flexibility index (Phi) is 6.86. The van der Waals surface area contributed by atoms with Gasteiger partial charge < -0.3 is 4.40 Å². The van der Waals surface area contributed by atoms with Crippen LogP contribution in [0.3, 0.4) is 0 Å². The van der Waals surface area contributed by atoms with E-state index in [1.54, 1.807) is 0 Å². The largest absolute Gasteiger partial charge is 0.306 e. The lowest BCUT2D eigenvalue weighted by atomic mass is 9.93. The molecular weight excluding hydrogens is 695 g/mol. The highest BCUT2D eigenvalue weighted by atomic mass is 15.0. The van der Waals surface area contributed by atoms with E-state index >= 15 is 0 Å². The molecule has 0 amide bonds. The summed E-state index contributed by atoms with van der Waals surface area (Å²) in [5.74, 6) is 0. The molecule has 12 aromatic rings. The fourth-order valence-corrected chi connectivity index (χ4v) is 8.68. The first kappa shape index (κ1) is 31.6. The van der Waals surface area contributed by atoms with Gasteiger partial charge in [-0.2, -0.15) is 0 Å². The molecule has 0 atom stereocenters. The number of nitrogens with zero attached hydrogens (tertiary/aromatic N) is 5. The van der Waals surface area contributed by atoms with E-state index in [0.29, 0.717) is 0 Å². The van der Waals surface area contributed by atoms with Crippen LogP contribution in [0.25, 0.3) is 115 Å². The molecule has 0 N–H and O–H groups in total. The van der Waals surface area contributed by atoms with E-state index in [1.165, 1.54) is 27.1 Å². The number of rotatable bonds is 4. The van der Waals surface area contributed by atoms with Crippen LogP contribution in [0.2, 0.25) is 0 Å². The Morgan fingerprint density at radius 2 is 1.16 bits per heavy atom. The number of imidazole rings is 1. The van der Waals surface area contributed by atoms with Crippen LogP contribution >= 0.6 is 0 Å². The molecule has 5 aromatic heterocycles. The summed E-state index contributed by atoms with van der Waals surface area (Å²) >= 11 is 0. The summed E-state index contributed by atoms with van der Waals surface area (Å²) in [5.41, 5.74) is 12.5. The van der Waals surface area contributed by atoms with Crippen LogP contribution in [-0.4, -0.2) is 24.3 Å². The Hall–Kier alpha value is -7.76. The van der Waals surface area contributed by atoms with Crippen molar-refractivity contribution in [3.63, 3.8) is 0 Å². The van der Waals surface area contributed by atoms with Crippen LogP contribution in [0.4, 0.5) is 0 Å². The fraction of sp³-hybridized carbons (Fsp3) is 0. The zero-order valence-corrected chi connectivity index (χ0v) is 30.6. The summed E-state index contributed by atoms with van der Waals surface area (Å²) in [6.45, 7) is 0. The number of benzene rings is 7. The van der Waals surface area contributed by atoms with Crippen LogP contribution in [0.15, 0.2) is 189 Å². The van der Waals surface area contributed by atoms with Crippen molar-refractivity contribution < 1.29 is 0 Å². The molecule has 0 aliphatic rings. The molecule has 5 heterocycles. The maximum Gasteiger partial charge on any atom is 0.146 e. The van der Waals surface area contributed by atoms with E-state index in [2.05, 4.69) is 173 Å². The predicted molar refractivity (Wildman–Crippen MR) is 235 cm³/mol. The highest BCUT2D eigenvalue weighted by molar-refractivity contribution is 6.17. The van der Waals surface area contributed by atoms with Crippen LogP contribution in [0.5, 0.6) is 0 Å². The lowest BCUT2D eigenvalue weighted by molar-refractivity contribution is 1.20. The topological polar surface area (TPSA) is 56.0 Å². The maximum absolute atomic E-state index is 5.24. The number of hydrogen-bond donors (Lipinski definition) is 0. The van der Waals surface area contributed by atoms with Gasteiger partial charge in [0.05, 0.1) is 27.9 Å². The highest BCUT2D eigenvalue weighted by Gasteiger charge is 2.17. The molecule has 0 saturated heterocycles. The molecule has 0 bridgehead atoms. The second-order valence-corrected chi connectivity index (χ2v) is 14.7. The average molecular weight is 726 g/mol. The number of pyridine rings is 4. The molecule has 5 nitrogen and oxygen atoms in total. The number of hydrogen-bond acceptors (Lipinski definition) is 4. The molecule has 12 rings (SSSR count). The molecule has 0 unspecified atom stereocenters. The van der Waals surface area contributed by atoms with Gasteiger partial charge in [0.2, 0.25) is 0 Å². The number of fused-ring (bicyclic) bond motifs is 11. The maximum atomic E-state index is 5.24. The van der Waals surface area contributed by atoms with Crippen molar-refractivity contribution in [3.8, 4) is 44.8 Å². The SMILES string of the molecule is c1ccc(-c2cn3ccc4c(-c5ccc(-c6ccc7ccc8cc(-c9ccnc%10c9ccc9cccnc9%10)ccc8c7c6)cc5)nc5ccccc5c4c3n2)cc1. The molecule has 5 heteroatoms. The molecule has 7 aromatic carbocycles. The smallest absolute Gasteiger partial charge is 0.146 e. The van der Waals surface area contributed by atoms with E-state index in [9.17, 15) is 0 Å². The van der Waals surface area contributed by atoms with Gasteiger partial charge in [-0.3, -0.25) is 9.97 Å². The van der Waals surface area contributed by atoms with Crippen molar-refractivity contribution in [3.05, 3.63) is 189 Å². The summed E-state index contributed by atoms with van der Waals surface area (Å²) in [4.78, 5) is 19.8. The average Bonchev–Trinajstić information content (AvgIpc) is 3.73. The lowest BCUT2D eigenvalue weighted by Gasteiger charge is -2.12. The first-order valence-corrected chi connectivity index (χ1v) is 19.2. The molecule has 0 radical (unpaired) electrons. The van der Waals surface area contributed by atoms with E-state index in [-0.39, 0.29) is 0 Å². The van der Waals surface area contributed by atoms with E-state index in [0.717, 1.165) is 88.3 Å². The summed E-state index contributed by atoms with van der Waals surface area (Å²) in [6, 6.07) is 58.3. The molecule has 0 aliphatic heterocycles. The third-order valence-electron chi connectivity index (χ3n) is 11.5. The Morgan fingerprint density at radius 1 is 0.404 bits per heavy atom. The molecular formula is C52H31N5. The Bertz CT molecular complexity index is 3570. The van der Waals surface area contributed by atoms with E-state index < -0.39 is 0 Å². The second kappa shape index (κ2) is 12.4. The summed E-state index contributed by atoms with van der Waals surface area (Å²) in [5, 5.41) is 10.4. The molecule has 57 heavy (non-hydrogen) atoms. The molecule has 264 valence electrons. The van der Waals surface area contributed by atoms with E-state index in [1.807, 2.05) is 24.5 Å². The van der Waals surface area contributed by atoms with Gasteiger partial charge >= 0.3 is 0 Å². The Balaban J connectivity index is 0.938. The monoisotopic (exact) mass is 725 g/mol. The van der Waals surface area contributed by atoms with Gasteiger partial charge in [0.25, 0.3) is 0 Å². The van der Waals surface area contributed by atoms with Crippen molar-refractivity contribution >= 4 is 70.7 Å². The molecule has 0 fully saturated rings. The van der Waals surface area contributed by atoms with Crippen LogP contribution < -0.4 is 0 Å². The number of para-hydroxylation sites is 1. The van der Waals surface area contributed by atoms with Gasteiger partial charge in [0.1, 0.15) is 5.65 Å². The molecule has 0 aliphatic carbocycles. The Morgan fingerprint density at radius 3 is 2.09 bits per heavy atom. The standard InChI is InChI=1S/C52H31N5/c1-2-7-34(8-3-1)47-31-57-28-25-44-48(52(57)56-47)43-10-4-5-11-46(43)55-49(44)36-16-12-32(13-17-36)37-18-14-33-15-19-38-29-39(21-22-40(38)45(33)30-37)41-24-27-54-51-42(41)23-20-35-9-6-26-53-50(35)51/h1-31H. The van der Waals surface area contributed by atoms with Crippen LogP contribution in [0.1, 0.15) is 0 Å². The van der Waals surface area contributed by atoms with Crippen molar-refractivity contribution in [2.75, 3.05) is 0 Å². The minimum absolute atomic E-state index is 0.928. The second-order valence-electron chi connectivity index (χ2n) is 14.7. The minimum Gasteiger partial charge on any atom is -0.306 e. The third-order valence-corrected chi connectivity index (χ3v) is 11.5. The lowest BCUT2D eigenvalue weighted by Crippen LogP contribution is -1.93. The highest BCUT2D eigenvalue weighted by Crippen LogP contribution is 2.38. The van der Waals surface area contributed by atoms with Crippen LogP contribution in [-0.2, 0) is 0 Å².